The third kappa shape index (κ3) is 5.58. The molecule has 0 atom stereocenters. The molecule has 0 saturated heterocycles. The highest BCUT2D eigenvalue weighted by Crippen LogP contribution is 2.41. The lowest BCUT2D eigenvalue weighted by Crippen LogP contribution is -2.13. The third-order valence-corrected chi connectivity index (χ3v) is 7.16. The summed E-state index contributed by atoms with van der Waals surface area (Å²) in [4.78, 5) is 12.7. The molecule has 4 aromatic rings. The number of hydrogen-bond donors (Lipinski definition) is 3. The molecule has 0 spiro atoms. The summed E-state index contributed by atoms with van der Waals surface area (Å²) in [5.41, 5.74) is 0.467. The van der Waals surface area contributed by atoms with Crippen LogP contribution in [0.2, 0.25) is 10.0 Å². The van der Waals surface area contributed by atoms with E-state index in [1.165, 1.54) is 25.3 Å². The zero-order valence-corrected chi connectivity index (χ0v) is 22.4. The molecule has 9 nitrogen and oxygen atoms in total. The second-order valence-electron chi connectivity index (χ2n) is 8.08. The summed E-state index contributed by atoms with van der Waals surface area (Å²) >= 11 is 12.2. The number of aromatic hydroxyl groups is 1. The summed E-state index contributed by atoms with van der Waals surface area (Å²) < 4.78 is 38.9. The van der Waals surface area contributed by atoms with Crippen molar-refractivity contribution < 1.29 is 27.6 Å². The minimum Gasteiger partial charge on any atom is -0.505 e. The molecule has 4 rings (SSSR count). The number of halogens is 2. The molecular formula is C26H21Cl2N3O6S. The van der Waals surface area contributed by atoms with Crippen molar-refractivity contribution in [2.45, 2.75) is 18.2 Å². The molecule has 0 unspecified atom stereocenters. The number of nitrogens with one attached hydrogen (secondary N) is 1. The number of rotatable bonds is 7. The Morgan fingerprint density at radius 2 is 1.79 bits per heavy atom. The SMILES string of the molecule is CCc1cc(N=Nc2c(O)c(C(=O)Nc3cc(Cl)ccc3OC)cc3ccccc23)c(S(=O)(=O)O)cc1Cl. The van der Waals surface area contributed by atoms with Crippen LogP contribution in [0.5, 0.6) is 11.5 Å². The van der Waals surface area contributed by atoms with Gasteiger partial charge in [-0.15, -0.1) is 10.2 Å². The number of anilines is 1. The fourth-order valence-corrected chi connectivity index (χ4v) is 4.97. The summed E-state index contributed by atoms with van der Waals surface area (Å²) in [6.07, 6.45) is 0.462. The van der Waals surface area contributed by atoms with E-state index >= 15 is 0 Å². The number of amides is 1. The average Bonchev–Trinajstić information content (AvgIpc) is 2.87. The van der Waals surface area contributed by atoms with Gasteiger partial charge in [-0.1, -0.05) is 54.4 Å². The van der Waals surface area contributed by atoms with Crippen molar-refractivity contribution in [1.82, 2.24) is 0 Å². The highest BCUT2D eigenvalue weighted by molar-refractivity contribution is 7.86. The Hall–Kier alpha value is -3.70. The van der Waals surface area contributed by atoms with Crippen LogP contribution >= 0.6 is 23.2 Å². The lowest BCUT2D eigenvalue weighted by molar-refractivity contribution is 0.102. The van der Waals surface area contributed by atoms with Gasteiger partial charge in [0.15, 0.2) is 5.75 Å². The maximum Gasteiger partial charge on any atom is 0.296 e. The van der Waals surface area contributed by atoms with Crippen LogP contribution in [0, 0.1) is 0 Å². The van der Waals surface area contributed by atoms with Gasteiger partial charge >= 0.3 is 0 Å². The van der Waals surface area contributed by atoms with E-state index in [1.807, 2.05) is 6.92 Å². The third-order valence-electron chi connectivity index (χ3n) is 5.69. The summed E-state index contributed by atoms with van der Waals surface area (Å²) in [5, 5.41) is 23.4. The van der Waals surface area contributed by atoms with Crippen LogP contribution in [-0.4, -0.2) is 31.1 Å². The molecule has 1 amide bonds. The maximum absolute atomic E-state index is 13.2. The van der Waals surface area contributed by atoms with E-state index < -0.39 is 26.7 Å². The molecule has 0 bridgehead atoms. The monoisotopic (exact) mass is 573 g/mol. The lowest BCUT2D eigenvalue weighted by atomic mass is 10.0. The molecular weight excluding hydrogens is 553 g/mol. The van der Waals surface area contributed by atoms with Gasteiger partial charge in [-0.2, -0.15) is 8.42 Å². The molecule has 0 radical (unpaired) electrons. The number of carbonyl (C=O) groups excluding carboxylic acids is 1. The Morgan fingerprint density at radius 1 is 1.05 bits per heavy atom. The van der Waals surface area contributed by atoms with Crippen LogP contribution in [0.15, 0.2) is 75.8 Å². The first kappa shape index (κ1) is 27.3. The zero-order chi connectivity index (χ0) is 27.6. The van der Waals surface area contributed by atoms with E-state index in [-0.39, 0.29) is 27.6 Å². The van der Waals surface area contributed by atoms with Gasteiger partial charge in [0.05, 0.1) is 18.4 Å². The Kier molecular flexibility index (Phi) is 7.89. The first-order valence-electron chi connectivity index (χ1n) is 11.1. The number of hydrogen-bond acceptors (Lipinski definition) is 7. The standard InChI is InChI=1S/C26H21Cl2N3O6S/c1-3-14-11-21(23(13-19(14)28)38(34,35)36)30-31-24-17-7-5-4-6-15(17)10-18(25(24)32)26(33)29-20-12-16(27)8-9-22(20)37-2/h4-13,32H,3H2,1-2H3,(H,29,33)(H,34,35,36). The molecule has 0 fully saturated rings. The number of nitrogens with zero attached hydrogens (tertiary/aromatic N) is 2. The Morgan fingerprint density at radius 3 is 2.47 bits per heavy atom. The van der Waals surface area contributed by atoms with E-state index in [2.05, 4.69) is 15.5 Å². The molecule has 0 saturated carbocycles. The second-order valence-corrected chi connectivity index (χ2v) is 10.3. The van der Waals surface area contributed by atoms with Crippen molar-refractivity contribution in [3.63, 3.8) is 0 Å². The van der Waals surface area contributed by atoms with Crippen LogP contribution < -0.4 is 10.1 Å². The summed E-state index contributed by atoms with van der Waals surface area (Å²) in [6.45, 7) is 1.81. The number of carbonyl (C=O) groups is 1. The molecule has 0 aliphatic rings. The number of phenolic OH excluding ortho intramolecular Hbond substituents is 1. The Labute approximate surface area is 228 Å². The van der Waals surface area contributed by atoms with Gasteiger partial charge in [0.25, 0.3) is 16.0 Å². The molecule has 0 heterocycles. The Balaban J connectivity index is 1.85. The van der Waals surface area contributed by atoms with Gasteiger partial charge in [-0.25, -0.2) is 0 Å². The molecule has 0 aliphatic carbocycles. The molecule has 4 aromatic carbocycles. The topological polar surface area (TPSA) is 138 Å². The van der Waals surface area contributed by atoms with Crippen molar-refractivity contribution in [2.24, 2.45) is 10.2 Å². The van der Waals surface area contributed by atoms with E-state index in [0.717, 1.165) is 6.07 Å². The first-order valence-corrected chi connectivity index (χ1v) is 13.3. The van der Waals surface area contributed by atoms with Crippen molar-refractivity contribution in [2.75, 3.05) is 12.4 Å². The molecule has 0 aromatic heterocycles. The molecule has 0 aliphatic heterocycles. The molecule has 38 heavy (non-hydrogen) atoms. The van der Waals surface area contributed by atoms with Gasteiger partial charge in [-0.3, -0.25) is 9.35 Å². The zero-order valence-electron chi connectivity index (χ0n) is 20.1. The van der Waals surface area contributed by atoms with Crippen molar-refractivity contribution >= 4 is 67.1 Å². The van der Waals surface area contributed by atoms with E-state index in [4.69, 9.17) is 27.9 Å². The van der Waals surface area contributed by atoms with Gasteiger partial charge < -0.3 is 15.2 Å². The van der Waals surface area contributed by atoms with Crippen LogP contribution in [0.3, 0.4) is 0 Å². The second kappa shape index (κ2) is 11.0. The summed E-state index contributed by atoms with van der Waals surface area (Å²) in [6, 6.07) is 15.5. The molecule has 3 N–H and O–H groups in total. The first-order chi connectivity index (χ1) is 18.0. The van der Waals surface area contributed by atoms with Crippen molar-refractivity contribution in [3.8, 4) is 11.5 Å². The van der Waals surface area contributed by atoms with E-state index in [1.54, 1.807) is 36.4 Å². The number of ether oxygens (including phenoxy) is 1. The Bertz CT molecular complexity index is 1710. The minimum absolute atomic E-state index is 0.0828. The van der Waals surface area contributed by atoms with E-state index in [9.17, 15) is 22.9 Å². The van der Waals surface area contributed by atoms with Gasteiger partial charge in [0, 0.05) is 15.4 Å². The number of fused-ring (bicyclic) bond motifs is 1. The van der Waals surface area contributed by atoms with Crippen molar-refractivity contribution in [1.29, 1.82) is 0 Å². The number of benzene rings is 4. The van der Waals surface area contributed by atoms with Crippen LogP contribution in [0.1, 0.15) is 22.8 Å². The van der Waals surface area contributed by atoms with Crippen LogP contribution in [0.25, 0.3) is 10.8 Å². The number of phenols is 1. The fraction of sp³-hybridized carbons (Fsp3) is 0.115. The van der Waals surface area contributed by atoms with Gasteiger partial charge in [-0.05, 0) is 53.8 Å². The fourth-order valence-electron chi connectivity index (χ4n) is 3.81. The van der Waals surface area contributed by atoms with Gasteiger partial charge in [0.1, 0.15) is 22.0 Å². The quantitative estimate of drug-likeness (QED) is 0.156. The number of aryl methyl sites for hydroxylation is 1. The molecule has 12 heteroatoms. The maximum atomic E-state index is 13.2. The van der Waals surface area contributed by atoms with Crippen LogP contribution in [0.4, 0.5) is 17.1 Å². The lowest BCUT2D eigenvalue weighted by Gasteiger charge is -2.13. The molecule has 196 valence electrons. The van der Waals surface area contributed by atoms with E-state index in [0.29, 0.717) is 33.5 Å². The average molecular weight is 574 g/mol. The highest BCUT2D eigenvalue weighted by Gasteiger charge is 2.22. The highest BCUT2D eigenvalue weighted by atomic mass is 35.5. The smallest absolute Gasteiger partial charge is 0.296 e. The van der Waals surface area contributed by atoms with Crippen molar-refractivity contribution in [3.05, 3.63) is 81.8 Å². The largest absolute Gasteiger partial charge is 0.505 e. The normalized spacial score (nSPS) is 11.7. The minimum atomic E-state index is -4.69. The summed E-state index contributed by atoms with van der Waals surface area (Å²) in [7, 11) is -3.25. The predicted octanol–water partition coefficient (Wildman–Crippen LogP) is 7.34. The van der Waals surface area contributed by atoms with Gasteiger partial charge in [0.2, 0.25) is 0 Å². The predicted molar refractivity (Wildman–Crippen MR) is 146 cm³/mol. The van der Waals surface area contributed by atoms with Crippen LogP contribution in [-0.2, 0) is 16.5 Å². The number of methoxy groups -OCH3 is 1. The summed E-state index contributed by atoms with van der Waals surface area (Å²) in [5.74, 6) is -0.817. The number of azo groups is 1.